The van der Waals surface area contributed by atoms with E-state index in [2.05, 4.69) is 36.2 Å². The van der Waals surface area contributed by atoms with Crippen molar-refractivity contribution in [2.75, 3.05) is 10.7 Å². The zero-order valence-corrected chi connectivity index (χ0v) is 17.1. The maximum absolute atomic E-state index is 12.2. The standard InChI is InChI=1S/C21H20N8O3/c1-13-10-16(12-30)24-21(23-13)27-26-20(32)19(31)25-17-7-9-29(28-17)11-15-5-2-4-14-6-3-8-22-18(14)15/h2-10,30H,11-12H2,1H3,(H,26,32)(H,23,24,27)(H,25,28,31). The normalized spacial score (nSPS) is 10.7. The first-order valence-electron chi connectivity index (χ1n) is 9.70. The summed E-state index contributed by atoms with van der Waals surface area (Å²) in [6, 6.07) is 13.0. The highest BCUT2D eigenvalue weighted by molar-refractivity contribution is 6.39. The molecule has 4 aromatic rings. The van der Waals surface area contributed by atoms with Gasteiger partial charge in [-0.25, -0.2) is 9.97 Å². The minimum absolute atomic E-state index is 0.0585. The zero-order valence-electron chi connectivity index (χ0n) is 17.1. The summed E-state index contributed by atoms with van der Waals surface area (Å²) in [7, 11) is 0. The number of aliphatic hydroxyl groups excluding tert-OH is 1. The van der Waals surface area contributed by atoms with Crippen molar-refractivity contribution in [1.29, 1.82) is 0 Å². The number of fused-ring (bicyclic) bond motifs is 1. The molecule has 0 aliphatic rings. The Morgan fingerprint density at radius 1 is 1.09 bits per heavy atom. The van der Waals surface area contributed by atoms with E-state index in [0.717, 1.165) is 16.5 Å². The van der Waals surface area contributed by atoms with Gasteiger partial charge < -0.3 is 10.4 Å². The van der Waals surface area contributed by atoms with Crippen molar-refractivity contribution in [3.63, 3.8) is 0 Å². The molecule has 3 aromatic heterocycles. The van der Waals surface area contributed by atoms with Gasteiger partial charge in [0.1, 0.15) is 0 Å². The first-order valence-corrected chi connectivity index (χ1v) is 9.70. The van der Waals surface area contributed by atoms with Crippen molar-refractivity contribution in [3.8, 4) is 0 Å². The third kappa shape index (κ3) is 4.84. The molecular formula is C21H20N8O3. The molecule has 2 amide bonds. The topological polar surface area (TPSA) is 147 Å². The van der Waals surface area contributed by atoms with Crippen molar-refractivity contribution in [1.82, 2.24) is 30.2 Å². The Balaban J connectivity index is 1.36. The fourth-order valence-electron chi connectivity index (χ4n) is 3.10. The minimum Gasteiger partial charge on any atom is -0.390 e. The summed E-state index contributed by atoms with van der Waals surface area (Å²) < 4.78 is 1.65. The summed E-state index contributed by atoms with van der Waals surface area (Å²) in [5, 5.41) is 16.9. The van der Waals surface area contributed by atoms with Crippen LogP contribution in [0.15, 0.2) is 54.9 Å². The van der Waals surface area contributed by atoms with Gasteiger partial charge in [0.15, 0.2) is 5.82 Å². The predicted octanol–water partition coefficient (Wildman–Crippen LogP) is 1.15. The van der Waals surface area contributed by atoms with E-state index in [1.54, 1.807) is 36.1 Å². The quantitative estimate of drug-likeness (QED) is 0.262. The Hall–Kier alpha value is -4.38. The number of para-hydroxylation sites is 1. The van der Waals surface area contributed by atoms with Crippen LogP contribution in [0.1, 0.15) is 17.0 Å². The molecule has 0 aliphatic heterocycles. The molecule has 0 radical (unpaired) electrons. The highest BCUT2D eigenvalue weighted by atomic mass is 16.3. The van der Waals surface area contributed by atoms with Gasteiger partial charge in [-0.1, -0.05) is 24.3 Å². The molecule has 11 nitrogen and oxygen atoms in total. The first kappa shape index (κ1) is 20.9. The number of hydrazine groups is 1. The number of benzene rings is 1. The van der Waals surface area contributed by atoms with Gasteiger partial charge in [0, 0.05) is 29.5 Å². The van der Waals surface area contributed by atoms with Crippen molar-refractivity contribution in [2.45, 2.75) is 20.1 Å². The number of nitrogens with one attached hydrogen (secondary N) is 3. The monoisotopic (exact) mass is 432 g/mol. The van der Waals surface area contributed by atoms with Gasteiger partial charge in [-0.15, -0.1) is 0 Å². The third-order valence-electron chi connectivity index (χ3n) is 4.49. The van der Waals surface area contributed by atoms with Crippen LogP contribution in [-0.2, 0) is 22.7 Å². The van der Waals surface area contributed by atoms with Gasteiger partial charge >= 0.3 is 11.8 Å². The third-order valence-corrected chi connectivity index (χ3v) is 4.49. The van der Waals surface area contributed by atoms with Crippen LogP contribution in [-0.4, -0.2) is 41.7 Å². The summed E-state index contributed by atoms with van der Waals surface area (Å²) in [6.45, 7) is 1.89. The van der Waals surface area contributed by atoms with Gasteiger partial charge in [0.2, 0.25) is 5.95 Å². The molecule has 32 heavy (non-hydrogen) atoms. The average Bonchev–Trinajstić information content (AvgIpc) is 3.24. The highest BCUT2D eigenvalue weighted by Gasteiger charge is 2.15. The Labute approximate surface area is 182 Å². The fraction of sp³-hybridized carbons (Fsp3) is 0.143. The lowest BCUT2D eigenvalue weighted by Crippen LogP contribution is -2.39. The van der Waals surface area contributed by atoms with Gasteiger partial charge in [0.05, 0.1) is 24.4 Å². The molecular weight excluding hydrogens is 412 g/mol. The average molecular weight is 432 g/mol. The van der Waals surface area contributed by atoms with Crippen molar-refractivity contribution in [3.05, 3.63) is 71.8 Å². The molecule has 11 heteroatoms. The number of rotatable bonds is 6. The van der Waals surface area contributed by atoms with Crippen LogP contribution in [0.25, 0.3) is 10.9 Å². The Morgan fingerprint density at radius 2 is 1.94 bits per heavy atom. The maximum atomic E-state index is 12.2. The van der Waals surface area contributed by atoms with Gasteiger partial charge in [-0.3, -0.25) is 30.1 Å². The number of hydrogen-bond donors (Lipinski definition) is 4. The number of carbonyl (C=O) groups is 2. The number of nitrogens with zero attached hydrogens (tertiary/aromatic N) is 5. The van der Waals surface area contributed by atoms with Crippen LogP contribution in [0.3, 0.4) is 0 Å². The summed E-state index contributed by atoms with van der Waals surface area (Å²) in [5.41, 5.74) is 7.50. The second-order valence-electron chi connectivity index (χ2n) is 6.91. The molecule has 0 atom stereocenters. The van der Waals surface area contributed by atoms with Gasteiger partial charge in [0.25, 0.3) is 0 Å². The number of anilines is 2. The van der Waals surface area contributed by atoms with E-state index in [-0.39, 0.29) is 18.4 Å². The molecule has 4 N–H and O–H groups in total. The van der Waals surface area contributed by atoms with Crippen LogP contribution < -0.4 is 16.2 Å². The van der Waals surface area contributed by atoms with E-state index < -0.39 is 11.8 Å². The smallest absolute Gasteiger partial charge is 0.328 e. The molecule has 1 aromatic carbocycles. The number of aromatic nitrogens is 5. The Bertz CT molecular complexity index is 1280. The zero-order chi connectivity index (χ0) is 22.5. The Kier molecular flexibility index (Phi) is 5.99. The van der Waals surface area contributed by atoms with E-state index in [1.165, 1.54) is 0 Å². The molecule has 0 aliphatic carbocycles. The van der Waals surface area contributed by atoms with Crippen LogP contribution in [0.5, 0.6) is 0 Å². The summed E-state index contributed by atoms with van der Waals surface area (Å²) in [6.07, 6.45) is 3.43. The van der Waals surface area contributed by atoms with Crippen LogP contribution in [0.2, 0.25) is 0 Å². The summed E-state index contributed by atoms with van der Waals surface area (Å²) in [4.78, 5) is 36.7. The lowest BCUT2D eigenvalue weighted by atomic mass is 10.1. The van der Waals surface area contributed by atoms with Crippen molar-refractivity contribution >= 4 is 34.5 Å². The minimum atomic E-state index is -0.951. The number of hydrogen-bond acceptors (Lipinski definition) is 8. The van der Waals surface area contributed by atoms with E-state index in [0.29, 0.717) is 17.9 Å². The van der Waals surface area contributed by atoms with Crippen LogP contribution >= 0.6 is 0 Å². The molecule has 0 saturated carbocycles. The molecule has 0 unspecified atom stereocenters. The first-order chi connectivity index (χ1) is 15.5. The van der Waals surface area contributed by atoms with Gasteiger partial charge in [-0.2, -0.15) is 5.10 Å². The largest absolute Gasteiger partial charge is 0.390 e. The van der Waals surface area contributed by atoms with E-state index >= 15 is 0 Å². The number of aliphatic hydroxyl groups is 1. The molecule has 0 fully saturated rings. The molecule has 0 spiro atoms. The number of pyridine rings is 1. The molecule has 0 saturated heterocycles. The second-order valence-corrected chi connectivity index (χ2v) is 6.91. The summed E-state index contributed by atoms with van der Waals surface area (Å²) in [5.74, 6) is -1.58. The lowest BCUT2D eigenvalue weighted by Gasteiger charge is -2.08. The van der Waals surface area contributed by atoms with E-state index in [1.807, 2.05) is 30.3 Å². The SMILES string of the molecule is Cc1cc(CO)nc(NNC(=O)C(=O)Nc2ccn(Cc3cccc4cccnc34)n2)n1. The fourth-order valence-corrected chi connectivity index (χ4v) is 3.10. The molecule has 3 heterocycles. The maximum Gasteiger partial charge on any atom is 0.328 e. The highest BCUT2D eigenvalue weighted by Crippen LogP contribution is 2.17. The van der Waals surface area contributed by atoms with Gasteiger partial charge in [-0.05, 0) is 24.6 Å². The van der Waals surface area contributed by atoms with Crippen LogP contribution in [0.4, 0.5) is 11.8 Å². The number of aryl methyl sites for hydroxylation is 1. The van der Waals surface area contributed by atoms with Crippen molar-refractivity contribution in [2.24, 2.45) is 0 Å². The molecule has 162 valence electrons. The number of carbonyl (C=O) groups excluding carboxylic acids is 2. The molecule has 4 rings (SSSR count). The van der Waals surface area contributed by atoms with Crippen molar-refractivity contribution < 1.29 is 14.7 Å². The van der Waals surface area contributed by atoms with E-state index in [9.17, 15) is 14.7 Å². The lowest BCUT2D eigenvalue weighted by molar-refractivity contribution is -0.135. The summed E-state index contributed by atoms with van der Waals surface area (Å²) >= 11 is 0. The predicted molar refractivity (Wildman–Crippen MR) is 116 cm³/mol. The second kappa shape index (κ2) is 9.18. The molecule has 0 bridgehead atoms. The van der Waals surface area contributed by atoms with E-state index in [4.69, 9.17) is 0 Å². The number of amides is 2. The Morgan fingerprint density at radius 3 is 2.78 bits per heavy atom. The van der Waals surface area contributed by atoms with Crippen LogP contribution in [0, 0.1) is 6.92 Å².